The van der Waals surface area contributed by atoms with Crippen LogP contribution in [0.4, 0.5) is 4.79 Å². The molecule has 2 amide bonds. The Labute approximate surface area is 122 Å². The molecule has 0 aliphatic carbocycles. The number of nitrogens with zero attached hydrogens (tertiary/aromatic N) is 1. The molecule has 0 radical (unpaired) electrons. The van der Waals surface area contributed by atoms with Crippen LogP contribution in [0.5, 0.6) is 0 Å². The van der Waals surface area contributed by atoms with E-state index in [1.807, 2.05) is 4.90 Å². The zero-order valence-corrected chi connectivity index (χ0v) is 12.9. The summed E-state index contributed by atoms with van der Waals surface area (Å²) in [6.07, 6.45) is 4.50. The van der Waals surface area contributed by atoms with Crippen molar-refractivity contribution in [3.63, 3.8) is 0 Å². The first-order valence-corrected chi connectivity index (χ1v) is 7.88. The fourth-order valence-corrected chi connectivity index (χ4v) is 3.38. The van der Waals surface area contributed by atoms with Crippen molar-refractivity contribution in [3.05, 3.63) is 0 Å². The Morgan fingerprint density at radius 2 is 2.20 bits per heavy atom. The number of rotatable bonds is 4. The van der Waals surface area contributed by atoms with Gasteiger partial charge in [0.25, 0.3) is 0 Å². The molecule has 0 aromatic rings. The smallest absolute Gasteiger partial charge is 0.317 e. The number of hydrogen-bond donors (Lipinski definition) is 2. The van der Waals surface area contributed by atoms with E-state index < -0.39 is 0 Å². The van der Waals surface area contributed by atoms with Gasteiger partial charge in [0, 0.05) is 32.2 Å². The third-order valence-corrected chi connectivity index (χ3v) is 4.67. The summed E-state index contributed by atoms with van der Waals surface area (Å²) in [6.45, 7) is 7.50. The first-order valence-electron chi connectivity index (χ1n) is 7.88. The zero-order valence-electron chi connectivity index (χ0n) is 12.9. The Bertz CT molecular complexity index is 311. The van der Waals surface area contributed by atoms with Crippen LogP contribution in [-0.2, 0) is 4.74 Å². The summed E-state index contributed by atoms with van der Waals surface area (Å²) in [5, 5.41) is 6.52. The maximum atomic E-state index is 12.3. The minimum absolute atomic E-state index is 0.102. The van der Waals surface area contributed by atoms with Gasteiger partial charge in [-0.25, -0.2) is 4.79 Å². The van der Waals surface area contributed by atoms with Gasteiger partial charge in [-0.15, -0.1) is 0 Å². The Morgan fingerprint density at radius 1 is 1.45 bits per heavy atom. The number of carbonyl (C=O) groups is 1. The van der Waals surface area contributed by atoms with Gasteiger partial charge in [0.05, 0.1) is 6.61 Å². The van der Waals surface area contributed by atoms with E-state index in [2.05, 4.69) is 17.6 Å². The molecule has 0 bridgehead atoms. The van der Waals surface area contributed by atoms with E-state index in [0.29, 0.717) is 5.92 Å². The molecule has 2 N–H and O–H groups in total. The molecule has 1 atom stereocenters. The van der Waals surface area contributed by atoms with Crippen LogP contribution in [0.15, 0.2) is 0 Å². The average Bonchev–Trinajstić information content (AvgIpc) is 2.46. The van der Waals surface area contributed by atoms with Crippen molar-refractivity contribution in [1.29, 1.82) is 0 Å². The highest BCUT2D eigenvalue weighted by Crippen LogP contribution is 2.28. The van der Waals surface area contributed by atoms with Crippen molar-refractivity contribution in [2.45, 2.75) is 32.6 Å². The topological polar surface area (TPSA) is 53.6 Å². The van der Waals surface area contributed by atoms with Crippen molar-refractivity contribution in [1.82, 2.24) is 15.5 Å². The fraction of sp³-hybridized carbons (Fsp3) is 0.933. The highest BCUT2D eigenvalue weighted by atomic mass is 16.5. The van der Waals surface area contributed by atoms with Crippen LogP contribution in [0, 0.1) is 11.3 Å². The number of ether oxygens (including phenoxy) is 1. The van der Waals surface area contributed by atoms with E-state index in [1.54, 1.807) is 7.11 Å². The molecule has 20 heavy (non-hydrogen) atoms. The average molecular weight is 283 g/mol. The first kappa shape index (κ1) is 15.6. The van der Waals surface area contributed by atoms with Crippen LogP contribution in [0.2, 0.25) is 0 Å². The Balaban J connectivity index is 1.83. The summed E-state index contributed by atoms with van der Waals surface area (Å²) < 4.78 is 5.39. The molecule has 0 aromatic carbocycles. The molecule has 116 valence electrons. The molecule has 2 aliphatic rings. The predicted octanol–water partition coefficient (Wildman–Crippen LogP) is 1.44. The normalized spacial score (nSPS) is 26.3. The molecule has 2 rings (SSSR count). The molecule has 2 fully saturated rings. The second-order valence-electron chi connectivity index (χ2n) is 6.54. The lowest BCUT2D eigenvalue weighted by atomic mass is 9.79. The van der Waals surface area contributed by atoms with E-state index in [1.165, 1.54) is 6.42 Å². The third kappa shape index (κ3) is 4.09. The molecule has 5 heteroatoms. The molecule has 0 saturated carbocycles. The Morgan fingerprint density at radius 3 is 2.85 bits per heavy atom. The van der Waals surface area contributed by atoms with Gasteiger partial charge >= 0.3 is 6.03 Å². The number of piperidine rings is 2. The van der Waals surface area contributed by atoms with E-state index in [4.69, 9.17) is 4.74 Å². The fourth-order valence-electron chi connectivity index (χ4n) is 3.38. The van der Waals surface area contributed by atoms with E-state index >= 15 is 0 Å². The van der Waals surface area contributed by atoms with Crippen LogP contribution in [0.1, 0.15) is 32.6 Å². The lowest BCUT2D eigenvalue weighted by Gasteiger charge is -2.38. The molecule has 0 aromatic heterocycles. The molecule has 2 heterocycles. The van der Waals surface area contributed by atoms with Crippen LogP contribution in [0.3, 0.4) is 0 Å². The number of likely N-dealkylation sites (tertiary alicyclic amines) is 1. The summed E-state index contributed by atoms with van der Waals surface area (Å²) in [6, 6.07) is 0.102. The van der Waals surface area contributed by atoms with E-state index in [0.717, 1.165) is 58.6 Å². The van der Waals surface area contributed by atoms with Gasteiger partial charge in [-0.1, -0.05) is 6.92 Å². The molecular formula is C15H29N3O2. The maximum absolute atomic E-state index is 12.3. The van der Waals surface area contributed by atoms with Crippen LogP contribution in [-0.4, -0.2) is 57.4 Å². The van der Waals surface area contributed by atoms with Crippen LogP contribution in [0.25, 0.3) is 0 Å². The molecular weight excluding hydrogens is 254 g/mol. The van der Waals surface area contributed by atoms with Gasteiger partial charge < -0.3 is 20.3 Å². The standard InChI is InChI=1S/C15H29N3O2/c1-13-4-3-9-18(10-13)14(19)17-11-15(12-20-2)5-7-16-8-6-15/h13,16H,3-12H2,1-2H3,(H,17,19). The second-order valence-corrected chi connectivity index (χ2v) is 6.54. The number of urea groups is 1. The monoisotopic (exact) mass is 283 g/mol. The van der Waals surface area contributed by atoms with Gasteiger partial charge in [-0.05, 0) is 44.7 Å². The van der Waals surface area contributed by atoms with Gasteiger partial charge in [-0.2, -0.15) is 0 Å². The number of hydrogen-bond acceptors (Lipinski definition) is 3. The van der Waals surface area contributed by atoms with Crippen LogP contribution >= 0.6 is 0 Å². The maximum Gasteiger partial charge on any atom is 0.317 e. The molecule has 2 aliphatic heterocycles. The van der Waals surface area contributed by atoms with Gasteiger partial charge in [-0.3, -0.25) is 0 Å². The minimum atomic E-state index is 0.102. The minimum Gasteiger partial charge on any atom is -0.384 e. The SMILES string of the molecule is COCC1(CNC(=O)N2CCCC(C)C2)CCNCC1. The van der Waals surface area contributed by atoms with Gasteiger partial charge in [0.15, 0.2) is 0 Å². The van der Waals surface area contributed by atoms with Crippen molar-refractivity contribution in [3.8, 4) is 0 Å². The van der Waals surface area contributed by atoms with Gasteiger partial charge in [0.2, 0.25) is 0 Å². The molecule has 5 nitrogen and oxygen atoms in total. The van der Waals surface area contributed by atoms with Gasteiger partial charge in [0.1, 0.15) is 0 Å². The number of methoxy groups -OCH3 is 1. The van der Waals surface area contributed by atoms with Crippen molar-refractivity contribution >= 4 is 6.03 Å². The molecule has 2 saturated heterocycles. The largest absolute Gasteiger partial charge is 0.384 e. The van der Waals surface area contributed by atoms with Crippen LogP contribution < -0.4 is 10.6 Å². The summed E-state index contributed by atoms with van der Waals surface area (Å²) in [4.78, 5) is 14.3. The second kappa shape index (κ2) is 7.27. The highest BCUT2D eigenvalue weighted by Gasteiger charge is 2.33. The summed E-state index contributed by atoms with van der Waals surface area (Å²) in [7, 11) is 1.75. The predicted molar refractivity (Wildman–Crippen MR) is 79.8 cm³/mol. The number of amides is 2. The van der Waals surface area contributed by atoms with Crippen molar-refractivity contribution in [2.75, 3.05) is 46.4 Å². The van der Waals surface area contributed by atoms with E-state index in [-0.39, 0.29) is 11.4 Å². The third-order valence-electron chi connectivity index (χ3n) is 4.67. The summed E-state index contributed by atoms with van der Waals surface area (Å²) in [5.41, 5.74) is 0.108. The molecule has 0 spiro atoms. The summed E-state index contributed by atoms with van der Waals surface area (Å²) in [5.74, 6) is 0.626. The Kier molecular flexibility index (Phi) is 5.66. The Hall–Kier alpha value is -0.810. The number of carbonyl (C=O) groups excluding carboxylic acids is 1. The lowest BCUT2D eigenvalue weighted by Crippen LogP contribution is -2.51. The quantitative estimate of drug-likeness (QED) is 0.821. The van der Waals surface area contributed by atoms with E-state index in [9.17, 15) is 4.79 Å². The molecule has 1 unspecified atom stereocenters. The lowest BCUT2D eigenvalue weighted by molar-refractivity contribution is 0.0537. The van der Waals surface area contributed by atoms with Crippen molar-refractivity contribution < 1.29 is 9.53 Å². The van der Waals surface area contributed by atoms with Crippen molar-refractivity contribution in [2.24, 2.45) is 11.3 Å². The highest BCUT2D eigenvalue weighted by molar-refractivity contribution is 5.74. The number of nitrogens with one attached hydrogen (secondary N) is 2. The summed E-state index contributed by atoms with van der Waals surface area (Å²) >= 11 is 0. The zero-order chi connectivity index (χ0) is 14.4. The first-order chi connectivity index (χ1) is 9.65.